The number of carbonyl (C=O) groups is 8. The first-order chi connectivity index (χ1) is 32.8. The molecule has 7 aliphatic rings. The number of aryl methyl sites for hydroxylation is 2. The highest BCUT2D eigenvalue weighted by Gasteiger charge is 2.38. The van der Waals surface area contributed by atoms with Crippen molar-refractivity contribution in [3.63, 3.8) is 0 Å². The van der Waals surface area contributed by atoms with Gasteiger partial charge in [0.2, 0.25) is 0 Å². The average Bonchev–Trinajstić information content (AvgIpc) is 3.97. The van der Waals surface area contributed by atoms with Crippen molar-refractivity contribution >= 4 is 59.1 Å². The smallest absolute Gasteiger partial charge is 0.378 e. The van der Waals surface area contributed by atoms with Crippen LogP contribution in [0.2, 0.25) is 0 Å². The number of amides is 7. The van der Waals surface area contributed by atoms with E-state index in [4.69, 9.17) is 14.3 Å². The van der Waals surface area contributed by atoms with Crippen molar-refractivity contribution < 1.29 is 62.3 Å². The van der Waals surface area contributed by atoms with Crippen molar-refractivity contribution in [1.82, 2.24) is 35.2 Å². The van der Waals surface area contributed by atoms with Crippen LogP contribution in [-0.2, 0) is 65.8 Å². The lowest BCUT2D eigenvalue weighted by molar-refractivity contribution is -0.198. The molecule has 9 rings (SSSR count). The quantitative estimate of drug-likeness (QED) is 0.353. The number of morpholine rings is 2. The van der Waals surface area contributed by atoms with E-state index >= 15 is 0 Å². The highest BCUT2D eigenvalue weighted by Crippen LogP contribution is 2.27. The van der Waals surface area contributed by atoms with E-state index in [0.717, 1.165) is 91.9 Å². The maximum Gasteiger partial charge on any atom is 0.560 e. The number of hydroxylamine groups is 6. The zero-order valence-electron chi connectivity index (χ0n) is 38.8. The summed E-state index contributed by atoms with van der Waals surface area (Å²) in [5.41, 5.74) is 7.97. The molecule has 0 bridgehead atoms. The van der Waals surface area contributed by atoms with Crippen LogP contribution in [0.5, 0.6) is 0 Å². The van der Waals surface area contributed by atoms with Crippen LogP contribution in [0.25, 0.3) is 0 Å². The van der Waals surface area contributed by atoms with E-state index in [9.17, 15) is 38.4 Å². The van der Waals surface area contributed by atoms with Gasteiger partial charge in [-0.3, -0.25) is 48.2 Å². The average molecular weight is 948 g/mol. The SMILES string of the molecule is Cc1ccc(CN2CCN(C(=O)ON3C(=O)CCC3=O)CC2)c(N2CCOCC2)c1.Cc1ccc(CN2CCNCC2)c(N2CCOCC2)c1.O=C(ON1C(=O)CCC1=O)ON1C(=O)CCC1=O. The number of benzene rings is 2. The van der Waals surface area contributed by atoms with Crippen molar-refractivity contribution in [2.24, 2.45) is 0 Å². The van der Waals surface area contributed by atoms with Crippen LogP contribution in [0.1, 0.15) is 60.8 Å². The Kier molecular flexibility index (Phi) is 17.3. The second kappa shape index (κ2) is 23.7. The zero-order chi connectivity index (χ0) is 48.2. The van der Waals surface area contributed by atoms with Gasteiger partial charge < -0.3 is 34.3 Å². The highest BCUT2D eigenvalue weighted by atomic mass is 16.9. The number of piperazine rings is 2. The molecular formula is C46H61N9O13. The van der Waals surface area contributed by atoms with Crippen LogP contribution in [0, 0.1) is 13.8 Å². The summed E-state index contributed by atoms with van der Waals surface area (Å²) >= 11 is 0. The van der Waals surface area contributed by atoms with Crippen molar-refractivity contribution in [1.29, 1.82) is 0 Å². The van der Waals surface area contributed by atoms with E-state index in [0.29, 0.717) is 31.2 Å². The fraction of sp³-hybridized carbons (Fsp3) is 0.565. The number of nitrogens with one attached hydrogen (secondary N) is 1. The molecule has 0 saturated carbocycles. The Labute approximate surface area is 394 Å². The molecule has 22 nitrogen and oxygen atoms in total. The number of carbonyl (C=O) groups excluding carboxylic acids is 8. The number of hydrogen-bond acceptors (Lipinski definition) is 18. The summed E-state index contributed by atoms with van der Waals surface area (Å²) < 4.78 is 11.0. The minimum absolute atomic E-state index is 0.0618. The minimum atomic E-state index is -1.48. The van der Waals surface area contributed by atoms with Crippen LogP contribution in [0.15, 0.2) is 36.4 Å². The molecule has 7 saturated heterocycles. The van der Waals surface area contributed by atoms with Crippen LogP contribution in [-0.4, -0.2) is 183 Å². The molecular weight excluding hydrogens is 887 g/mol. The first kappa shape index (κ1) is 49.7. The summed E-state index contributed by atoms with van der Waals surface area (Å²) in [6.07, 6.45) is -2.17. The fourth-order valence-corrected chi connectivity index (χ4v) is 8.53. The summed E-state index contributed by atoms with van der Waals surface area (Å²) in [4.78, 5) is 116. The molecule has 7 heterocycles. The summed E-state index contributed by atoms with van der Waals surface area (Å²) in [6.45, 7) is 20.1. The number of imide groups is 3. The molecule has 7 fully saturated rings. The van der Waals surface area contributed by atoms with E-state index < -0.39 is 47.7 Å². The van der Waals surface area contributed by atoms with Gasteiger partial charge in [0.15, 0.2) is 0 Å². The van der Waals surface area contributed by atoms with Gasteiger partial charge in [-0.15, -0.1) is 5.06 Å². The van der Waals surface area contributed by atoms with E-state index in [1.165, 1.54) is 33.6 Å². The number of rotatable bonds is 9. The van der Waals surface area contributed by atoms with Gasteiger partial charge in [-0.1, -0.05) is 34.4 Å². The van der Waals surface area contributed by atoms with Gasteiger partial charge in [0, 0.05) is 142 Å². The van der Waals surface area contributed by atoms with Crippen LogP contribution in [0.3, 0.4) is 0 Å². The molecule has 0 aromatic heterocycles. The van der Waals surface area contributed by atoms with Gasteiger partial charge in [-0.05, 0) is 48.2 Å². The number of hydrogen-bond donors (Lipinski definition) is 1. The van der Waals surface area contributed by atoms with Gasteiger partial charge >= 0.3 is 12.2 Å². The third-order valence-electron chi connectivity index (χ3n) is 12.3. The second-order valence-corrected chi connectivity index (χ2v) is 17.3. The maximum absolute atomic E-state index is 12.3. The lowest BCUT2D eigenvalue weighted by Crippen LogP contribution is -2.50. The molecule has 2 aromatic rings. The molecule has 0 spiro atoms. The number of anilines is 2. The monoisotopic (exact) mass is 947 g/mol. The molecule has 368 valence electrons. The predicted molar refractivity (Wildman–Crippen MR) is 241 cm³/mol. The lowest BCUT2D eigenvalue weighted by atomic mass is 10.1. The molecule has 0 unspecified atom stereocenters. The van der Waals surface area contributed by atoms with Crippen molar-refractivity contribution in [2.75, 3.05) is 115 Å². The first-order valence-corrected chi connectivity index (χ1v) is 23.3. The lowest BCUT2D eigenvalue weighted by Gasteiger charge is -2.36. The van der Waals surface area contributed by atoms with Crippen LogP contribution < -0.4 is 15.1 Å². The summed E-state index contributed by atoms with van der Waals surface area (Å²) in [5, 5.41) is 4.54. The van der Waals surface area contributed by atoms with Gasteiger partial charge in [-0.2, -0.15) is 4.79 Å². The van der Waals surface area contributed by atoms with E-state index in [-0.39, 0.29) is 48.7 Å². The van der Waals surface area contributed by atoms with Crippen molar-refractivity contribution in [3.8, 4) is 0 Å². The third-order valence-corrected chi connectivity index (χ3v) is 12.3. The third kappa shape index (κ3) is 13.3. The van der Waals surface area contributed by atoms with E-state index in [1.807, 2.05) is 0 Å². The Morgan fingerprint density at radius 2 is 0.868 bits per heavy atom. The Morgan fingerprint density at radius 3 is 1.26 bits per heavy atom. The summed E-state index contributed by atoms with van der Waals surface area (Å²) in [5.74, 6) is -3.65. The summed E-state index contributed by atoms with van der Waals surface area (Å²) in [7, 11) is 0. The molecule has 7 amide bonds. The number of nitrogens with zero attached hydrogens (tertiary/aromatic N) is 8. The molecule has 1 N–H and O–H groups in total. The Morgan fingerprint density at radius 1 is 0.500 bits per heavy atom. The van der Waals surface area contributed by atoms with Gasteiger partial charge in [0.25, 0.3) is 35.4 Å². The fourth-order valence-electron chi connectivity index (χ4n) is 8.53. The molecule has 22 heteroatoms. The second-order valence-electron chi connectivity index (χ2n) is 17.3. The molecule has 0 atom stereocenters. The molecule has 2 aromatic carbocycles. The Hall–Kier alpha value is -6.20. The first-order valence-electron chi connectivity index (χ1n) is 23.3. The van der Waals surface area contributed by atoms with E-state index in [1.54, 1.807) is 4.90 Å². The zero-order valence-corrected chi connectivity index (χ0v) is 38.8. The largest absolute Gasteiger partial charge is 0.560 e. The maximum atomic E-state index is 12.3. The Balaban J connectivity index is 0.000000158. The predicted octanol–water partition coefficient (Wildman–Crippen LogP) is 1.65. The minimum Gasteiger partial charge on any atom is -0.378 e. The van der Waals surface area contributed by atoms with Gasteiger partial charge in [0.1, 0.15) is 0 Å². The van der Waals surface area contributed by atoms with Gasteiger partial charge in [-0.25, -0.2) is 4.79 Å². The topological polar surface area (TPSA) is 221 Å². The standard InChI is InChI=1S/C21H28N4O5.C16H25N3O.C9H8N2O7/c1-16-2-3-17(18(14-16)23-10-12-29-13-11-23)15-22-6-8-24(9-7-22)21(28)30-25-19(26)4-5-20(25)27;1-14-2-3-15(13-18-6-4-17-5-7-18)16(12-14)19-8-10-20-11-9-19;12-5-1-2-6(13)10(5)17-9(16)18-11-7(14)3-4-8(11)15/h2-3,14H,4-13,15H2,1H3;2-3,12,17H,4-11,13H2,1H3;1-4H2. The van der Waals surface area contributed by atoms with E-state index in [2.05, 4.69) is 84.8 Å². The molecule has 68 heavy (non-hydrogen) atoms. The van der Waals surface area contributed by atoms with Crippen LogP contribution in [0.4, 0.5) is 21.0 Å². The van der Waals surface area contributed by atoms with Gasteiger partial charge in [0.05, 0.1) is 26.4 Å². The highest BCUT2D eigenvalue weighted by molar-refractivity contribution is 6.03. The summed E-state index contributed by atoms with van der Waals surface area (Å²) in [6, 6.07) is 13.4. The van der Waals surface area contributed by atoms with Crippen molar-refractivity contribution in [3.05, 3.63) is 58.7 Å². The molecule has 0 aliphatic carbocycles. The van der Waals surface area contributed by atoms with Crippen molar-refractivity contribution in [2.45, 2.75) is 65.5 Å². The number of ether oxygens (including phenoxy) is 2. The molecule has 0 radical (unpaired) electrons. The normalized spacial score (nSPS) is 20.6. The van der Waals surface area contributed by atoms with Crippen LogP contribution >= 0.6 is 0 Å². The Bertz CT molecular complexity index is 2100. The molecule has 7 aliphatic heterocycles.